The van der Waals surface area contributed by atoms with E-state index in [1.807, 2.05) is 255 Å². The number of benzene rings is 9. The summed E-state index contributed by atoms with van der Waals surface area (Å²) in [5.41, 5.74) is 0. The second-order valence-corrected chi connectivity index (χ2v) is 27.0. The molecule has 0 amide bonds. The molecular weight excluding hydrogens is 1440 g/mol. The van der Waals surface area contributed by atoms with Crippen molar-refractivity contribution in [2.75, 3.05) is 21.3 Å². The third-order valence-corrected chi connectivity index (χ3v) is 22.1. The van der Waals surface area contributed by atoms with Gasteiger partial charge in [-0.15, -0.1) is 0 Å². The Morgan fingerprint density at radius 2 is 0.527 bits per heavy atom. The van der Waals surface area contributed by atoms with Crippen LogP contribution >= 0.6 is 21.4 Å². The van der Waals surface area contributed by atoms with Gasteiger partial charge in [0.05, 0.1) is 43.7 Å². The maximum Gasteiger partial charge on any atom is 0.454 e. The van der Waals surface area contributed by atoms with E-state index in [-0.39, 0.29) is 49.4 Å². The summed E-state index contributed by atoms with van der Waals surface area (Å²) >= 11 is 0. The predicted molar refractivity (Wildman–Crippen MR) is 332 cm³/mol. The van der Waals surface area contributed by atoms with Crippen molar-refractivity contribution in [3.8, 4) is 17.2 Å². The molecule has 0 bridgehead atoms. The molecule has 9 rings (SSSR count). The van der Waals surface area contributed by atoms with Crippen LogP contribution in [0.25, 0.3) is 0 Å². The number of Topliss-reactive ketones (excluding diaryl/α,β-unsaturated/α-hetero) is 2. The van der Waals surface area contributed by atoms with Crippen LogP contribution in [0.5, 0.6) is 17.2 Å². The molecular formula is C67H55EuF12O10P3. The Labute approximate surface area is 567 Å². The monoisotopic (exact) mass is 1490 g/mol. The molecule has 26 heteroatoms. The molecule has 1 radical (unpaired) electrons. The van der Waals surface area contributed by atoms with Gasteiger partial charge in [0.1, 0.15) is 17.2 Å². The Balaban J connectivity index is 0.000000252. The van der Waals surface area contributed by atoms with Crippen LogP contribution in [0.15, 0.2) is 267 Å². The van der Waals surface area contributed by atoms with Crippen molar-refractivity contribution in [2.45, 2.75) is 31.1 Å². The molecule has 0 spiro atoms. The topological polar surface area (TPSA) is 150 Å². The van der Waals surface area contributed by atoms with Crippen molar-refractivity contribution in [1.82, 2.24) is 0 Å². The average molecular weight is 1490 g/mol. The summed E-state index contributed by atoms with van der Waals surface area (Å²) in [5.74, 6) is -8.78. The van der Waals surface area contributed by atoms with Crippen LogP contribution in [0, 0.1) is 49.4 Å². The Morgan fingerprint density at radius 3 is 0.699 bits per heavy atom. The third kappa shape index (κ3) is 20.9. The van der Waals surface area contributed by atoms with Crippen LogP contribution in [-0.4, -0.2) is 68.5 Å². The van der Waals surface area contributed by atoms with Gasteiger partial charge in [0.2, 0.25) is 17.3 Å². The summed E-state index contributed by atoms with van der Waals surface area (Å²) in [5, 5.41) is 15.0. The summed E-state index contributed by atoms with van der Waals surface area (Å²) in [6.45, 7) is 0. The number of aliphatic hydroxyl groups is 1. The molecule has 0 aliphatic rings. The fourth-order valence-corrected chi connectivity index (χ4v) is 16.8. The molecule has 1 N–H and O–H groups in total. The average Bonchev–Trinajstić information content (AvgIpc) is 0.779. The Bertz CT molecular complexity index is 3540. The molecule has 0 aliphatic carbocycles. The van der Waals surface area contributed by atoms with E-state index >= 15 is 0 Å². The normalized spacial score (nSPS) is 11.7. The van der Waals surface area contributed by atoms with Crippen molar-refractivity contribution < 1.29 is 149 Å². The summed E-state index contributed by atoms with van der Waals surface area (Å²) in [6.07, 6.45) is -24.7. The number of rotatable bonds is 15. The maximum atomic E-state index is 14.1. The van der Waals surface area contributed by atoms with Crippen molar-refractivity contribution in [3.05, 3.63) is 267 Å². The molecule has 0 atom stereocenters. The first-order valence-electron chi connectivity index (χ1n) is 26.7. The fourth-order valence-electron chi connectivity index (χ4n) is 8.41. The molecule has 489 valence electrons. The molecule has 9 aromatic rings. The van der Waals surface area contributed by atoms with Gasteiger partial charge < -0.3 is 33.0 Å². The number of ether oxygens (including phenoxy) is 3. The van der Waals surface area contributed by atoms with Crippen molar-refractivity contribution >= 4 is 86.5 Å². The quantitative estimate of drug-likeness (QED) is 0.0345. The minimum atomic E-state index is -5.42. The molecule has 93 heavy (non-hydrogen) atoms. The number of methoxy groups -OCH3 is 3. The van der Waals surface area contributed by atoms with Crippen LogP contribution in [0.3, 0.4) is 0 Å². The predicted octanol–water partition coefficient (Wildman–Crippen LogP) is 13.8. The van der Waals surface area contributed by atoms with E-state index in [9.17, 15) is 80.8 Å². The van der Waals surface area contributed by atoms with Gasteiger partial charge >= 0.3 is 24.7 Å². The van der Waals surface area contributed by atoms with Gasteiger partial charge in [-0.2, -0.15) is 52.7 Å². The minimum Gasteiger partial charge on any atom is -0.504 e. The smallest absolute Gasteiger partial charge is 0.454 e. The largest absolute Gasteiger partial charge is 0.504 e. The summed E-state index contributed by atoms with van der Waals surface area (Å²) in [7, 11) is -4.04. The Kier molecular flexibility index (Phi) is 29.3. The first-order valence-corrected chi connectivity index (χ1v) is 31.9. The van der Waals surface area contributed by atoms with Crippen LogP contribution in [0.2, 0.25) is 0 Å². The van der Waals surface area contributed by atoms with Gasteiger partial charge in [0.15, 0.2) is 21.4 Å². The van der Waals surface area contributed by atoms with E-state index < -0.39 is 81.7 Å². The molecule has 0 saturated carbocycles. The molecule has 0 heterocycles. The molecule has 0 fully saturated rings. The van der Waals surface area contributed by atoms with Gasteiger partial charge in [-0.25, -0.2) is 0 Å². The van der Waals surface area contributed by atoms with E-state index in [1.165, 1.54) is 0 Å². The molecule has 0 saturated heterocycles. The first-order chi connectivity index (χ1) is 43.4. The van der Waals surface area contributed by atoms with Gasteiger partial charge in [-0.05, 0) is 36.4 Å². The number of carbonyl (C=O) groups excluding carboxylic acids is 3. The van der Waals surface area contributed by atoms with Gasteiger partial charge in [0, 0.05) is 87.3 Å². The standard InChI is InChI=1S/3C19H17O2P.2C5H2F6O2.Eu/c3*1-21-18-14-8-9-15-19(18)22(20,16-10-4-2-5-11-16)17-12-6-3-7-13-17;2*6-4(7,8)2(12)1-3(13)5(9,10)11;/h3*2-15H,1H3;1H2;1,12H;. The number of halogens is 12. The molecule has 0 aliphatic heterocycles. The zero-order chi connectivity index (χ0) is 68.0. The van der Waals surface area contributed by atoms with E-state index in [2.05, 4.69) is 0 Å². The molecule has 0 unspecified atom stereocenters. The summed E-state index contributed by atoms with van der Waals surface area (Å²) in [6, 6.07) is 80.2. The van der Waals surface area contributed by atoms with E-state index in [0.717, 1.165) is 47.7 Å². The summed E-state index contributed by atoms with van der Waals surface area (Å²) in [4.78, 5) is 29.6. The molecule has 10 nitrogen and oxygen atoms in total. The summed E-state index contributed by atoms with van der Waals surface area (Å²) < 4.78 is 195. The second kappa shape index (κ2) is 35.0. The Hall–Kier alpha value is -7.64. The number of para-hydroxylation sites is 3. The van der Waals surface area contributed by atoms with Crippen LogP contribution in [0.4, 0.5) is 52.7 Å². The second-order valence-electron chi connectivity index (χ2n) is 18.8. The Morgan fingerprint density at radius 1 is 0.333 bits per heavy atom. The minimum absolute atomic E-state index is 0. The van der Waals surface area contributed by atoms with Gasteiger partial charge in [-0.3, -0.25) is 14.4 Å². The number of aliphatic hydroxyl groups excluding tert-OH is 1. The number of alkyl halides is 12. The third-order valence-electron chi connectivity index (χ3n) is 12.8. The van der Waals surface area contributed by atoms with E-state index in [4.69, 9.17) is 19.3 Å². The van der Waals surface area contributed by atoms with Crippen LogP contribution in [0.1, 0.15) is 6.42 Å². The van der Waals surface area contributed by atoms with E-state index in [1.54, 1.807) is 21.3 Å². The van der Waals surface area contributed by atoms with Crippen molar-refractivity contribution in [1.29, 1.82) is 0 Å². The van der Waals surface area contributed by atoms with Crippen LogP contribution < -0.4 is 62.0 Å². The maximum absolute atomic E-state index is 14.1. The number of hydrogen-bond acceptors (Lipinski definition) is 10. The van der Waals surface area contributed by atoms with Crippen molar-refractivity contribution in [3.63, 3.8) is 0 Å². The van der Waals surface area contributed by atoms with Crippen LogP contribution in [-0.2, 0) is 28.1 Å². The molecule has 9 aromatic carbocycles. The zero-order valence-electron chi connectivity index (χ0n) is 48.9. The SMILES string of the molecule is COc1ccccc1P(=O)(c1ccccc1)c1ccccc1.COc1ccccc1P(=O)(c1ccccc1)c1ccccc1.COc1ccccc1P(=O)(c1ccccc1)c1ccccc1.O=C(C=C(O)C(F)(F)F)C(F)(F)F.O=C(CC(=O)C(F)(F)F)C(F)(F)F.[Eu]. The fraction of sp³-hybridized carbons (Fsp3) is 0.119. The zero-order valence-corrected chi connectivity index (χ0v) is 54.0. The van der Waals surface area contributed by atoms with E-state index in [0.29, 0.717) is 17.2 Å². The van der Waals surface area contributed by atoms with Gasteiger partial charge in [0.25, 0.3) is 5.78 Å². The number of hydrogen-bond donors (Lipinski definition) is 1. The number of allylic oxidation sites excluding steroid dienone is 2. The number of carbonyl (C=O) groups is 3. The first kappa shape index (κ1) is 77.8. The number of ketones is 3. The van der Waals surface area contributed by atoms with Crippen molar-refractivity contribution in [2.24, 2.45) is 0 Å². The van der Waals surface area contributed by atoms with Gasteiger partial charge in [-0.1, -0.05) is 218 Å². The molecule has 0 aromatic heterocycles.